The maximum atomic E-state index is 11.3. The van der Waals surface area contributed by atoms with Gasteiger partial charge in [-0.2, -0.15) is 10.2 Å². The molecule has 0 amide bonds. The predicted molar refractivity (Wildman–Crippen MR) is 57.5 cm³/mol. The van der Waals surface area contributed by atoms with Gasteiger partial charge in [-0.05, 0) is 6.92 Å². The van der Waals surface area contributed by atoms with Crippen molar-refractivity contribution < 1.29 is 18.0 Å². The van der Waals surface area contributed by atoms with Crippen molar-refractivity contribution in [2.75, 3.05) is 6.26 Å². The topological polar surface area (TPSA) is 117 Å². The van der Waals surface area contributed by atoms with Gasteiger partial charge in [0.25, 0.3) is 0 Å². The molecule has 0 aliphatic carbocycles. The Hall–Kier alpha value is -1.46. The van der Waals surface area contributed by atoms with Crippen LogP contribution in [0.4, 0.5) is 0 Å². The van der Waals surface area contributed by atoms with Crippen LogP contribution in [0.3, 0.4) is 0 Å². The van der Waals surface area contributed by atoms with Gasteiger partial charge in [-0.3, -0.25) is 0 Å². The van der Waals surface area contributed by atoms with E-state index in [-0.39, 0.29) is 24.6 Å². The third kappa shape index (κ3) is 3.80. The van der Waals surface area contributed by atoms with Crippen molar-refractivity contribution in [2.45, 2.75) is 31.1 Å². The zero-order valence-corrected chi connectivity index (χ0v) is 10.3. The van der Waals surface area contributed by atoms with E-state index in [2.05, 4.69) is 10.1 Å². The molecule has 0 spiro atoms. The molecule has 7 nitrogen and oxygen atoms in total. The molecule has 1 aromatic heterocycles. The molecule has 0 radical (unpaired) electrons. The third-order valence-electron chi connectivity index (χ3n) is 2.23. The lowest BCUT2D eigenvalue weighted by molar-refractivity contribution is 0.167. The Balaban J connectivity index is 2.76. The highest BCUT2D eigenvalue weighted by Crippen LogP contribution is 2.18. The molecule has 2 unspecified atom stereocenters. The van der Waals surface area contributed by atoms with Gasteiger partial charge in [0.1, 0.15) is 5.25 Å². The van der Waals surface area contributed by atoms with Gasteiger partial charge in [-0.25, -0.2) is 8.42 Å². The minimum atomic E-state index is -3.28. The maximum absolute atomic E-state index is 11.3. The van der Waals surface area contributed by atoms with Crippen molar-refractivity contribution in [3.8, 4) is 6.07 Å². The van der Waals surface area contributed by atoms with Crippen LogP contribution < -0.4 is 0 Å². The summed E-state index contributed by atoms with van der Waals surface area (Å²) in [6, 6.07) is 1.81. The minimum Gasteiger partial charge on any atom is -0.392 e. The zero-order chi connectivity index (χ0) is 13.1. The Morgan fingerprint density at radius 3 is 2.76 bits per heavy atom. The largest absolute Gasteiger partial charge is 0.392 e. The van der Waals surface area contributed by atoms with E-state index >= 15 is 0 Å². The van der Waals surface area contributed by atoms with E-state index in [1.165, 1.54) is 6.92 Å². The average molecular weight is 259 g/mol. The second-order valence-corrected chi connectivity index (χ2v) is 6.10. The summed E-state index contributed by atoms with van der Waals surface area (Å²) in [5.41, 5.74) is 0. The van der Waals surface area contributed by atoms with Crippen LogP contribution in [0.25, 0.3) is 0 Å². The molecule has 1 heterocycles. The molecule has 0 aliphatic rings. The highest BCUT2D eigenvalue weighted by atomic mass is 32.2. The molecule has 0 fully saturated rings. The number of nitriles is 1. The lowest BCUT2D eigenvalue weighted by Gasteiger charge is -2.02. The van der Waals surface area contributed by atoms with Gasteiger partial charge in [0.05, 0.1) is 25.0 Å². The van der Waals surface area contributed by atoms with Gasteiger partial charge in [0.2, 0.25) is 5.89 Å². The van der Waals surface area contributed by atoms with Crippen LogP contribution in [-0.4, -0.2) is 36.0 Å². The molecular formula is C9H13N3O4S. The highest BCUT2D eigenvalue weighted by molar-refractivity contribution is 7.90. The predicted octanol–water partition coefficient (Wildman–Crippen LogP) is -0.00772. The molecule has 1 rings (SSSR count). The highest BCUT2D eigenvalue weighted by Gasteiger charge is 2.23. The summed E-state index contributed by atoms with van der Waals surface area (Å²) in [5, 5.41) is 20.4. The minimum absolute atomic E-state index is 0.0387. The zero-order valence-electron chi connectivity index (χ0n) is 9.49. The molecule has 2 atom stereocenters. The first-order valence-corrected chi connectivity index (χ1v) is 6.86. The second-order valence-electron chi connectivity index (χ2n) is 3.74. The second kappa shape index (κ2) is 5.25. The van der Waals surface area contributed by atoms with Gasteiger partial charge >= 0.3 is 0 Å². The summed E-state index contributed by atoms with van der Waals surface area (Å²) in [5.74, 6) is 0.185. The number of aliphatic hydroxyl groups is 1. The Kier molecular flexibility index (Phi) is 4.20. The van der Waals surface area contributed by atoms with E-state index in [0.717, 1.165) is 6.26 Å². The van der Waals surface area contributed by atoms with Crippen molar-refractivity contribution >= 4 is 9.84 Å². The SMILES string of the molecule is CC(c1noc(CC(O)CC#N)n1)S(C)(=O)=O. The van der Waals surface area contributed by atoms with Crippen molar-refractivity contribution in [3.63, 3.8) is 0 Å². The lowest BCUT2D eigenvalue weighted by Crippen LogP contribution is -2.11. The van der Waals surface area contributed by atoms with E-state index < -0.39 is 21.2 Å². The Morgan fingerprint density at radius 2 is 2.24 bits per heavy atom. The van der Waals surface area contributed by atoms with Crippen LogP contribution in [0.2, 0.25) is 0 Å². The first-order valence-electron chi connectivity index (χ1n) is 4.91. The molecule has 1 aromatic rings. The summed E-state index contributed by atoms with van der Waals surface area (Å²) in [4.78, 5) is 3.87. The standard InChI is InChI=1S/C9H13N3O4S/c1-6(17(2,14)15)9-11-8(16-12-9)5-7(13)3-4-10/h6-7,13H,3,5H2,1-2H3. The van der Waals surface area contributed by atoms with E-state index in [0.29, 0.717) is 0 Å². The van der Waals surface area contributed by atoms with Crippen LogP contribution >= 0.6 is 0 Å². The third-order valence-corrected chi connectivity index (χ3v) is 3.72. The molecule has 17 heavy (non-hydrogen) atoms. The molecule has 0 bridgehead atoms. The average Bonchev–Trinajstić information content (AvgIpc) is 2.63. The molecule has 0 aromatic carbocycles. The van der Waals surface area contributed by atoms with Gasteiger partial charge in [0.15, 0.2) is 15.7 Å². The molecular weight excluding hydrogens is 246 g/mol. The van der Waals surface area contributed by atoms with Crippen LogP contribution in [-0.2, 0) is 16.3 Å². The summed E-state index contributed by atoms with van der Waals surface area (Å²) in [6.45, 7) is 1.45. The lowest BCUT2D eigenvalue weighted by atomic mass is 10.2. The summed E-state index contributed by atoms with van der Waals surface area (Å²) in [7, 11) is -3.28. The van der Waals surface area contributed by atoms with Crippen LogP contribution in [0, 0.1) is 11.3 Å². The number of aromatic nitrogens is 2. The molecule has 0 saturated carbocycles. The first kappa shape index (κ1) is 13.6. The number of aliphatic hydroxyl groups excluding tert-OH is 1. The van der Waals surface area contributed by atoms with E-state index in [4.69, 9.17) is 9.78 Å². The van der Waals surface area contributed by atoms with Crippen LogP contribution in [0.1, 0.15) is 30.3 Å². The summed E-state index contributed by atoms with van der Waals surface area (Å²) in [6.07, 6.45) is 0.191. The fourth-order valence-corrected chi connectivity index (χ4v) is 1.57. The molecule has 8 heteroatoms. The number of hydrogen-bond donors (Lipinski definition) is 1. The first-order chi connectivity index (χ1) is 7.84. The quantitative estimate of drug-likeness (QED) is 0.790. The fraction of sp³-hybridized carbons (Fsp3) is 0.667. The Bertz CT molecular complexity index is 517. The summed E-state index contributed by atoms with van der Waals surface area (Å²) < 4.78 is 27.3. The van der Waals surface area contributed by atoms with Gasteiger partial charge in [-0.1, -0.05) is 5.16 Å². The Labute approximate surface area is 99.0 Å². The van der Waals surface area contributed by atoms with Crippen LogP contribution in [0.5, 0.6) is 0 Å². The van der Waals surface area contributed by atoms with Crippen molar-refractivity contribution in [3.05, 3.63) is 11.7 Å². The Morgan fingerprint density at radius 1 is 1.59 bits per heavy atom. The molecule has 1 N–H and O–H groups in total. The van der Waals surface area contributed by atoms with Crippen molar-refractivity contribution in [1.29, 1.82) is 5.26 Å². The number of rotatable bonds is 5. The van der Waals surface area contributed by atoms with Gasteiger partial charge in [0, 0.05) is 6.26 Å². The van der Waals surface area contributed by atoms with Crippen molar-refractivity contribution in [2.24, 2.45) is 0 Å². The number of hydrogen-bond acceptors (Lipinski definition) is 7. The van der Waals surface area contributed by atoms with Gasteiger partial charge in [-0.15, -0.1) is 0 Å². The fourth-order valence-electron chi connectivity index (χ4n) is 1.09. The molecule has 94 valence electrons. The van der Waals surface area contributed by atoms with Gasteiger partial charge < -0.3 is 9.63 Å². The number of sulfone groups is 1. The maximum Gasteiger partial charge on any atom is 0.229 e. The van der Waals surface area contributed by atoms with Crippen LogP contribution in [0.15, 0.2) is 4.52 Å². The van der Waals surface area contributed by atoms with E-state index in [1.54, 1.807) is 6.07 Å². The number of nitrogens with zero attached hydrogens (tertiary/aromatic N) is 3. The normalized spacial score (nSPS) is 15.2. The molecule has 0 aliphatic heterocycles. The molecule has 0 saturated heterocycles. The van der Waals surface area contributed by atoms with E-state index in [9.17, 15) is 13.5 Å². The van der Waals surface area contributed by atoms with Crippen molar-refractivity contribution in [1.82, 2.24) is 10.1 Å². The summed E-state index contributed by atoms with van der Waals surface area (Å²) >= 11 is 0. The monoisotopic (exact) mass is 259 g/mol. The van der Waals surface area contributed by atoms with E-state index in [1.807, 2.05) is 0 Å². The smallest absolute Gasteiger partial charge is 0.229 e.